The topological polar surface area (TPSA) is 78.4 Å². The summed E-state index contributed by atoms with van der Waals surface area (Å²) in [5.41, 5.74) is 1.11. The van der Waals surface area contributed by atoms with Gasteiger partial charge in [0.15, 0.2) is 0 Å². The van der Waals surface area contributed by atoms with Gasteiger partial charge >= 0.3 is 0 Å². The van der Waals surface area contributed by atoms with Gasteiger partial charge in [0.1, 0.15) is 5.75 Å². The molecule has 5 nitrogen and oxygen atoms in total. The molecule has 3 N–H and O–H groups in total. The second-order valence-electron chi connectivity index (χ2n) is 4.13. The second-order valence-corrected chi connectivity index (χ2v) is 4.13. The number of phenols is 1. The summed E-state index contributed by atoms with van der Waals surface area (Å²) in [6, 6.07) is 12.8. The Balaban J connectivity index is 2.20. The fourth-order valence-electron chi connectivity index (χ4n) is 1.75. The molecule has 0 spiro atoms. The van der Waals surface area contributed by atoms with Crippen molar-refractivity contribution in [3.8, 4) is 5.75 Å². The minimum Gasteiger partial charge on any atom is -0.507 e. The Morgan fingerprint density at radius 2 is 1.75 bits per heavy atom. The van der Waals surface area contributed by atoms with E-state index in [0.717, 1.165) is 0 Å². The lowest BCUT2D eigenvalue weighted by molar-refractivity contribution is 0.0961. The first-order valence-electron chi connectivity index (χ1n) is 6.03. The van der Waals surface area contributed by atoms with E-state index in [-0.39, 0.29) is 17.2 Å². The summed E-state index contributed by atoms with van der Waals surface area (Å²) in [7, 11) is 1.54. The van der Waals surface area contributed by atoms with Gasteiger partial charge in [-0.1, -0.05) is 18.2 Å². The summed E-state index contributed by atoms with van der Waals surface area (Å²) in [5.74, 6) is -0.756. The molecule has 20 heavy (non-hydrogen) atoms. The van der Waals surface area contributed by atoms with Crippen LogP contribution >= 0.6 is 0 Å². The van der Waals surface area contributed by atoms with E-state index in [4.69, 9.17) is 0 Å². The number of amides is 2. The number of hydrogen-bond donors (Lipinski definition) is 3. The van der Waals surface area contributed by atoms with E-state index in [1.165, 1.54) is 19.2 Å². The molecule has 0 aromatic heterocycles. The van der Waals surface area contributed by atoms with Crippen LogP contribution in [0.5, 0.6) is 5.75 Å². The van der Waals surface area contributed by atoms with E-state index in [1.54, 1.807) is 36.4 Å². The lowest BCUT2D eigenvalue weighted by Gasteiger charge is -2.08. The van der Waals surface area contributed by atoms with Crippen LogP contribution in [-0.4, -0.2) is 24.0 Å². The minimum absolute atomic E-state index is 0.0903. The fourth-order valence-corrected chi connectivity index (χ4v) is 1.75. The first-order valence-corrected chi connectivity index (χ1v) is 6.03. The molecule has 0 saturated heterocycles. The first kappa shape index (κ1) is 13.6. The summed E-state index contributed by atoms with van der Waals surface area (Å²) in [6.45, 7) is 0. The average molecular weight is 270 g/mol. The molecule has 102 valence electrons. The van der Waals surface area contributed by atoms with Crippen LogP contribution in [0, 0.1) is 0 Å². The maximum atomic E-state index is 12.0. The number of para-hydroxylation sites is 1. The molecule has 0 bridgehead atoms. The lowest BCUT2D eigenvalue weighted by Crippen LogP contribution is -2.18. The summed E-state index contributed by atoms with van der Waals surface area (Å²) >= 11 is 0. The van der Waals surface area contributed by atoms with Crippen LogP contribution in [0.15, 0.2) is 48.5 Å². The number of benzene rings is 2. The average Bonchev–Trinajstić information content (AvgIpc) is 2.47. The van der Waals surface area contributed by atoms with Crippen molar-refractivity contribution in [2.24, 2.45) is 0 Å². The highest BCUT2D eigenvalue weighted by molar-refractivity contribution is 6.06. The number of aromatic hydroxyl groups is 1. The van der Waals surface area contributed by atoms with Crippen molar-refractivity contribution in [2.75, 3.05) is 12.4 Å². The van der Waals surface area contributed by atoms with Crippen LogP contribution in [0.4, 0.5) is 5.69 Å². The Kier molecular flexibility index (Phi) is 4.00. The predicted octanol–water partition coefficient (Wildman–Crippen LogP) is 2.00. The van der Waals surface area contributed by atoms with Crippen molar-refractivity contribution in [3.05, 3.63) is 59.7 Å². The molecule has 0 aliphatic heterocycles. The van der Waals surface area contributed by atoms with Gasteiger partial charge in [-0.3, -0.25) is 9.59 Å². The maximum Gasteiger partial charge on any atom is 0.259 e. The van der Waals surface area contributed by atoms with E-state index in [0.29, 0.717) is 11.3 Å². The molecule has 0 heterocycles. The molecule has 0 unspecified atom stereocenters. The Hall–Kier alpha value is -2.82. The van der Waals surface area contributed by atoms with Gasteiger partial charge in [0.25, 0.3) is 11.8 Å². The van der Waals surface area contributed by atoms with Crippen LogP contribution in [0.25, 0.3) is 0 Å². The van der Waals surface area contributed by atoms with Crippen LogP contribution in [-0.2, 0) is 0 Å². The zero-order chi connectivity index (χ0) is 14.5. The van der Waals surface area contributed by atoms with Crippen molar-refractivity contribution in [3.63, 3.8) is 0 Å². The second kappa shape index (κ2) is 5.88. The number of hydrogen-bond acceptors (Lipinski definition) is 3. The highest BCUT2D eigenvalue weighted by atomic mass is 16.3. The summed E-state index contributed by atoms with van der Waals surface area (Å²) in [5, 5.41) is 14.8. The monoisotopic (exact) mass is 270 g/mol. The number of phenolic OH excluding ortho intramolecular Hbond substituents is 1. The quantitative estimate of drug-likeness (QED) is 0.798. The summed E-state index contributed by atoms with van der Waals surface area (Å²) in [4.78, 5) is 23.5. The SMILES string of the molecule is CNC(=O)c1cccc(NC(=O)c2ccccc2O)c1. The van der Waals surface area contributed by atoms with Crippen molar-refractivity contribution < 1.29 is 14.7 Å². The van der Waals surface area contributed by atoms with Crippen LogP contribution in [0.3, 0.4) is 0 Å². The highest BCUT2D eigenvalue weighted by Gasteiger charge is 2.11. The van der Waals surface area contributed by atoms with Gasteiger partial charge in [-0.2, -0.15) is 0 Å². The fraction of sp³-hybridized carbons (Fsp3) is 0.0667. The maximum absolute atomic E-state index is 12.0. The van der Waals surface area contributed by atoms with Gasteiger partial charge in [0.05, 0.1) is 5.56 Å². The van der Waals surface area contributed by atoms with Crippen LogP contribution in [0.2, 0.25) is 0 Å². The Morgan fingerprint density at radius 3 is 2.45 bits per heavy atom. The van der Waals surface area contributed by atoms with Gasteiger partial charge in [0, 0.05) is 18.3 Å². The minimum atomic E-state index is -0.433. The molecule has 0 saturated carbocycles. The van der Waals surface area contributed by atoms with Crippen LogP contribution < -0.4 is 10.6 Å². The van der Waals surface area contributed by atoms with Gasteiger partial charge < -0.3 is 15.7 Å². The zero-order valence-electron chi connectivity index (χ0n) is 10.9. The standard InChI is InChI=1S/C15H14N2O3/c1-16-14(19)10-5-4-6-11(9-10)17-15(20)12-7-2-3-8-13(12)18/h2-9,18H,1H3,(H,16,19)(H,17,20). The smallest absolute Gasteiger partial charge is 0.259 e. The molecule has 2 rings (SSSR count). The normalized spacial score (nSPS) is 9.85. The van der Waals surface area contributed by atoms with Crippen molar-refractivity contribution in [2.45, 2.75) is 0 Å². The molecular weight excluding hydrogens is 256 g/mol. The van der Waals surface area contributed by atoms with E-state index in [9.17, 15) is 14.7 Å². The number of carbonyl (C=O) groups excluding carboxylic acids is 2. The molecule has 2 amide bonds. The van der Waals surface area contributed by atoms with E-state index >= 15 is 0 Å². The third kappa shape index (κ3) is 2.95. The molecule has 0 radical (unpaired) electrons. The summed E-state index contributed by atoms with van der Waals surface area (Å²) < 4.78 is 0. The van der Waals surface area contributed by atoms with Crippen molar-refractivity contribution >= 4 is 17.5 Å². The Labute approximate surface area is 116 Å². The molecule has 2 aromatic rings. The predicted molar refractivity (Wildman–Crippen MR) is 75.9 cm³/mol. The van der Waals surface area contributed by atoms with Gasteiger partial charge in [-0.15, -0.1) is 0 Å². The Morgan fingerprint density at radius 1 is 1.00 bits per heavy atom. The van der Waals surface area contributed by atoms with E-state index < -0.39 is 5.91 Å². The number of carbonyl (C=O) groups is 2. The lowest BCUT2D eigenvalue weighted by atomic mass is 10.1. The first-order chi connectivity index (χ1) is 9.61. The molecule has 0 aliphatic rings. The molecule has 0 atom stereocenters. The summed E-state index contributed by atoms with van der Waals surface area (Å²) in [6.07, 6.45) is 0. The molecule has 0 aliphatic carbocycles. The molecule has 2 aromatic carbocycles. The number of anilines is 1. The third-order valence-electron chi connectivity index (χ3n) is 2.76. The van der Waals surface area contributed by atoms with E-state index in [1.807, 2.05) is 0 Å². The van der Waals surface area contributed by atoms with Crippen LogP contribution in [0.1, 0.15) is 20.7 Å². The third-order valence-corrected chi connectivity index (χ3v) is 2.76. The molecule has 0 fully saturated rings. The van der Waals surface area contributed by atoms with Crippen molar-refractivity contribution in [1.82, 2.24) is 5.32 Å². The van der Waals surface area contributed by atoms with Gasteiger partial charge in [-0.25, -0.2) is 0 Å². The van der Waals surface area contributed by atoms with E-state index in [2.05, 4.69) is 10.6 Å². The van der Waals surface area contributed by atoms with Gasteiger partial charge in [0.2, 0.25) is 0 Å². The number of rotatable bonds is 3. The highest BCUT2D eigenvalue weighted by Crippen LogP contribution is 2.18. The number of nitrogens with one attached hydrogen (secondary N) is 2. The Bertz CT molecular complexity index is 653. The van der Waals surface area contributed by atoms with Gasteiger partial charge in [-0.05, 0) is 30.3 Å². The zero-order valence-corrected chi connectivity index (χ0v) is 10.9. The van der Waals surface area contributed by atoms with Crippen molar-refractivity contribution in [1.29, 1.82) is 0 Å². The molecular formula is C15H14N2O3. The molecule has 5 heteroatoms. The largest absolute Gasteiger partial charge is 0.507 e.